The highest BCUT2D eigenvalue weighted by Crippen LogP contribution is 2.48. The first kappa shape index (κ1) is 22.8. The molecular formula is C30H31NO5. The van der Waals surface area contributed by atoms with Gasteiger partial charge in [-0.3, -0.25) is 4.90 Å². The Kier molecular flexibility index (Phi) is 5.97. The van der Waals surface area contributed by atoms with Crippen molar-refractivity contribution in [1.82, 2.24) is 4.90 Å². The fraction of sp³-hybridized carbons (Fsp3) is 0.333. The van der Waals surface area contributed by atoms with E-state index in [1.165, 1.54) is 19.5 Å². The first-order chi connectivity index (χ1) is 17.6. The van der Waals surface area contributed by atoms with Gasteiger partial charge in [-0.05, 0) is 72.0 Å². The van der Waals surface area contributed by atoms with Crippen molar-refractivity contribution in [3.63, 3.8) is 0 Å². The number of hydrogen-bond donors (Lipinski definition) is 1. The van der Waals surface area contributed by atoms with Gasteiger partial charge in [0.25, 0.3) is 0 Å². The topological polar surface area (TPSA) is 60.4 Å². The minimum absolute atomic E-state index is 0.213. The number of ether oxygens (including phenoxy) is 4. The van der Waals surface area contributed by atoms with Gasteiger partial charge in [0, 0.05) is 30.8 Å². The van der Waals surface area contributed by atoms with Crippen molar-refractivity contribution in [1.29, 1.82) is 0 Å². The summed E-state index contributed by atoms with van der Waals surface area (Å²) >= 11 is 0. The normalized spacial score (nSPS) is 19.0. The Balaban J connectivity index is 1.26. The smallest absolute Gasteiger partial charge is 0.231 e. The minimum atomic E-state index is -0.316. The fourth-order valence-electron chi connectivity index (χ4n) is 5.26. The second kappa shape index (κ2) is 9.43. The summed E-state index contributed by atoms with van der Waals surface area (Å²) in [5, 5.41) is 10.1. The van der Waals surface area contributed by atoms with Crippen molar-refractivity contribution in [2.75, 3.05) is 33.0 Å². The molecule has 0 amide bonds. The van der Waals surface area contributed by atoms with Crippen molar-refractivity contribution in [2.24, 2.45) is 5.92 Å². The zero-order valence-electron chi connectivity index (χ0n) is 20.7. The van der Waals surface area contributed by atoms with Crippen molar-refractivity contribution in [2.45, 2.75) is 26.4 Å². The van der Waals surface area contributed by atoms with E-state index >= 15 is 0 Å². The molecule has 3 aromatic rings. The third-order valence-corrected chi connectivity index (χ3v) is 7.43. The van der Waals surface area contributed by atoms with Gasteiger partial charge in [-0.15, -0.1) is 0 Å². The van der Waals surface area contributed by atoms with Gasteiger partial charge < -0.3 is 24.1 Å². The van der Waals surface area contributed by atoms with E-state index in [4.69, 9.17) is 18.9 Å². The molecule has 0 spiro atoms. The Labute approximate surface area is 211 Å². The van der Waals surface area contributed by atoms with Crippen LogP contribution in [0.1, 0.15) is 43.1 Å². The standard InChI is InChI=1S/C30H31NO5/c1-3-20-16-31(17-20)12-13-33-24-8-4-21(5-9-24)30-29(22-6-10-27-28(14-22)35-18-34-27)19(2)25-15-23(32)7-11-26(25)36-30/h4-11,14-15,20,30,32H,3,12-13,16-18H2,1-2H3/t30-/m1/s1. The van der Waals surface area contributed by atoms with Gasteiger partial charge in [0.15, 0.2) is 11.5 Å². The third kappa shape index (κ3) is 4.26. The molecule has 3 aliphatic heterocycles. The Hall–Kier alpha value is -3.64. The second-order valence-electron chi connectivity index (χ2n) is 9.74. The van der Waals surface area contributed by atoms with Crippen LogP contribution in [0.4, 0.5) is 0 Å². The average molecular weight is 486 g/mol. The summed E-state index contributed by atoms with van der Waals surface area (Å²) < 4.78 is 23.7. The lowest BCUT2D eigenvalue weighted by molar-refractivity contribution is 0.0806. The Morgan fingerprint density at radius 3 is 2.53 bits per heavy atom. The van der Waals surface area contributed by atoms with Gasteiger partial charge in [-0.25, -0.2) is 0 Å². The third-order valence-electron chi connectivity index (χ3n) is 7.43. The first-order valence-corrected chi connectivity index (χ1v) is 12.6. The monoisotopic (exact) mass is 485 g/mol. The number of benzene rings is 3. The maximum Gasteiger partial charge on any atom is 0.231 e. The van der Waals surface area contributed by atoms with Crippen molar-refractivity contribution >= 4 is 11.1 Å². The van der Waals surface area contributed by atoms with E-state index in [1.54, 1.807) is 12.1 Å². The number of fused-ring (bicyclic) bond motifs is 2. The number of aromatic hydroxyl groups is 1. The van der Waals surface area contributed by atoms with Gasteiger partial charge in [-0.1, -0.05) is 31.5 Å². The number of allylic oxidation sites excluding steroid dienone is 1. The molecule has 1 atom stereocenters. The second-order valence-corrected chi connectivity index (χ2v) is 9.74. The molecule has 6 heteroatoms. The largest absolute Gasteiger partial charge is 0.508 e. The molecule has 36 heavy (non-hydrogen) atoms. The van der Waals surface area contributed by atoms with Crippen LogP contribution in [0.15, 0.2) is 60.7 Å². The lowest BCUT2D eigenvalue weighted by Gasteiger charge is -2.38. The van der Waals surface area contributed by atoms with Crippen molar-refractivity contribution in [3.8, 4) is 28.7 Å². The number of nitrogens with zero attached hydrogens (tertiary/aromatic N) is 1. The summed E-state index contributed by atoms with van der Waals surface area (Å²) in [5.74, 6) is 4.14. The summed E-state index contributed by atoms with van der Waals surface area (Å²) in [6.07, 6.45) is 0.944. The predicted molar refractivity (Wildman–Crippen MR) is 139 cm³/mol. The highest BCUT2D eigenvalue weighted by atomic mass is 16.7. The molecule has 0 bridgehead atoms. The van der Waals surface area contributed by atoms with E-state index < -0.39 is 0 Å². The van der Waals surface area contributed by atoms with E-state index in [0.29, 0.717) is 6.61 Å². The van der Waals surface area contributed by atoms with Crippen LogP contribution >= 0.6 is 0 Å². The van der Waals surface area contributed by atoms with Gasteiger partial charge in [0.05, 0.1) is 0 Å². The van der Waals surface area contributed by atoms with Crippen LogP contribution in [0.5, 0.6) is 28.7 Å². The molecule has 1 saturated heterocycles. The van der Waals surface area contributed by atoms with Gasteiger partial charge >= 0.3 is 0 Å². The molecular weight excluding hydrogens is 454 g/mol. The fourth-order valence-corrected chi connectivity index (χ4v) is 5.26. The molecule has 3 aromatic carbocycles. The summed E-state index contributed by atoms with van der Waals surface area (Å²) in [6.45, 7) is 8.58. The van der Waals surface area contributed by atoms with E-state index in [-0.39, 0.29) is 18.6 Å². The van der Waals surface area contributed by atoms with Crippen LogP contribution in [0.25, 0.3) is 11.1 Å². The Morgan fingerprint density at radius 1 is 0.944 bits per heavy atom. The van der Waals surface area contributed by atoms with Crippen LogP contribution < -0.4 is 18.9 Å². The average Bonchev–Trinajstić information content (AvgIpc) is 3.34. The molecule has 3 heterocycles. The van der Waals surface area contributed by atoms with Crippen LogP contribution in [0.3, 0.4) is 0 Å². The zero-order valence-corrected chi connectivity index (χ0v) is 20.7. The summed E-state index contributed by atoms with van der Waals surface area (Å²) in [6, 6.07) is 19.4. The molecule has 6 rings (SSSR count). The van der Waals surface area contributed by atoms with Gasteiger partial charge in [0.1, 0.15) is 30.0 Å². The highest BCUT2D eigenvalue weighted by Gasteiger charge is 2.31. The quantitative estimate of drug-likeness (QED) is 0.449. The molecule has 3 aliphatic rings. The maximum atomic E-state index is 10.1. The van der Waals surface area contributed by atoms with Crippen LogP contribution in [-0.4, -0.2) is 43.0 Å². The predicted octanol–water partition coefficient (Wildman–Crippen LogP) is 5.91. The lowest BCUT2D eigenvalue weighted by atomic mass is 9.86. The molecule has 0 aliphatic carbocycles. The SMILES string of the molecule is CCC1CN(CCOc2ccc([C@H]3Oc4ccc(O)cc4C(C)=C3c3ccc4c(c3)OCO4)cc2)C1. The molecule has 1 fully saturated rings. The summed E-state index contributed by atoms with van der Waals surface area (Å²) in [7, 11) is 0. The molecule has 1 N–H and O–H groups in total. The van der Waals surface area contributed by atoms with Gasteiger partial charge in [-0.2, -0.15) is 0 Å². The number of rotatable bonds is 7. The summed E-state index contributed by atoms with van der Waals surface area (Å²) in [5.41, 5.74) is 4.99. The molecule has 0 radical (unpaired) electrons. The van der Waals surface area contributed by atoms with Crippen LogP contribution in [0.2, 0.25) is 0 Å². The highest BCUT2D eigenvalue weighted by molar-refractivity contribution is 5.96. The zero-order chi connectivity index (χ0) is 24.6. The number of phenolic OH excluding ortho intramolecular Hbond substituents is 1. The number of phenols is 1. The molecule has 0 aromatic heterocycles. The molecule has 6 nitrogen and oxygen atoms in total. The maximum absolute atomic E-state index is 10.1. The van der Waals surface area contributed by atoms with Crippen LogP contribution in [0, 0.1) is 5.92 Å². The van der Waals surface area contributed by atoms with Crippen LogP contribution in [-0.2, 0) is 0 Å². The molecule has 186 valence electrons. The van der Waals surface area contributed by atoms with Crippen molar-refractivity contribution < 1.29 is 24.1 Å². The summed E-state index contributed by atoms with van der Waals surface area (Å²) in [4.78, 5) is 2.44. The first-order valence-electron chi connectivity index (χ1n) is 12.6. The lowest BCUT2D eigenvalue weighted by Crippen LogP contribution is -2.47. The van der Waals surface area contributed by atoms with E-state index in [2.05, 4.69) is 30.9 Å². The Bertz CT molecular complexity index is 1290. The Morgan fingerprint density at radius 2 is 1.72 bits per heavy atom. The van der Waals surface area contributed by atoms with E-state index in [0.717, 1.165) is 63.3 Å². The minimum Gasteiger partial charge on any atom is -0.508 e. The molecule has 0 saturated carbocycles. The number of hydrogen-bond acceptors (Lipinski definition) is 6. The van der Waals surface area contributed by atoms with E-state index in [1.807, 2.05) is 36.4 Å². The van der Waals surface area contributed by atoms with E-state index in [9.17, 15) is 5.11 Å². The van der Waals surface area contributed by atoms with Gasteiger partial charge in [0.2, 0.25) is 6.79 Å². The van der Waals surface area contributed by atoms with Crippen molar-refractivity contribution in [3.05, 3.63) is 77.4 Å². The number of likely N-dealkylation sites (tertiary alicyclic amines) is 1. The molecule has 0 unspecified atom stereocenters.